The van der Waals surface area contributed by atoms with Gasteiger partial charge in [-0.25, -0.2) is 4.79 Å². The van der Waals surface area contributed by atoms with Crippen LogP contribution in [0.4, 0.5) is 10.5 Å². The van der Waals surface area contributed by atoms with Crippen molar-refractivity contribution in [3.05, 3.63) is 65.7 Å². The van der Waals surface area contributed by atoms with Gasteiger partial charge in [0.05, 0.1) is 18.7 Å². The number of nitrogens with zero attached hydrogens (tertiary/aromatic N) is 4. The average Bonchev–Trinajstić information content (AvgIpc) is 3.20. The molecule has 1 aliphatic heterocycles. The molecule has 3 fully saturated rings. The number of rotatable bonds is 9. The monoisotopic (exact) mass is 532 g/mol. The van der Waals surface area contributed by atoms with Gasteiger partial charge in [0.2, 0.25) is 0 Å². The van der Waals surface area contributed by atoms with Crippen molar-refractivity contribution in [1.29, 1.82) is 0 Å². The van der Waals surface area contributed by atoms with Crippen molar-refractivity contribution in [2.24, 2.45) is 5.92 Å². The van der Waals surface area contributed by atoms with Gasteiger partial charge >= 0.3 is 6.03 Å². The molecule has 210 valence electrons. The van der Waals surface area contributed by atoms with E-state index in [1.54, 1.807) is 4.90 Å². The molecule has 1 saturated heterocycles. The minimum Gasteiger partial charge on any atom is -0.395 e. The summed E-state index contributed by atoms with van der Waals surface area (Å²) in [7, 11) is 4.37. The Morgan fingerprint density at radius 1 is 1.00 bits per heavy atom. The lowest BCUT2D eigenvalue weighted by Gasteiger charge is -2.51. The summed E-state index contributed by atoms with van der Waals surface area (Å²) in [5.74, 6) is 0.508. The third-order valence-electron chi connectivity index (χ3n) is 9.79. The number of likely N-dealkylation sites (N-methyl/N-ethyl adjacent to an activating group) is 1. The fraction of sp³-hybridized carbons (Fsp3) is 0.562. The summed E-state index contributed by atoms with van der Waals surface area (Å²) in [5, 5.41) is 9.29. The normalized spacial score (nSPS) is 25.4. The molecule has 3 amide bonds. The zero-order valence-corrected chi connectivity index (χ0v) is 23.8. The van der Waals surface area contributed by atoms with Gasteiger partial charge in [0.15, 0.2) is 0 Å². The Bertz CT molecular complexity index is 1140. The fourth-order valence-electron chi connectivity index (χ4n) is 6.99. The van der Waals surface area contributed by atoms with Gasteiger partial charge in [-0.15, -0.1) is 0 Å². The summed E-state index contributed by atoms with van der Waals surface area (Å²) in [6.07, 6.45) is 7.65. The summed E-state index contributed by atoms with van der Waals surface area (Å²) in [5.41, 5.74) is 2.60. The average molecular weight is 533 g/mol. The first kappa shape index (κ1) is 27.7. The third kappa shape index (κ3) is 5.07. The number of aliphatic hydroxyl groups is 1. The van der Waals surface area contributed by atoms with Crippen LogP contribution >= 0.6 is 0 Å². The van der Waals surface area contributed by atoms with Gasteiger partial charge in [-0.1, -0.05) is 36.8 Å². The minimum atomic E-state index is -0.171. The van der Waals surface area contributed by atoms with Gasteiger partial charge in [0.25, 0.3) is 5.91 Å². The Morgan fingerprint density at radius 3 is 2.21 bits per heavy atom. The lowest BCUT2D eigenvalue weighted by molar-refractivity contribution is 0.0172. The highest BCUT2D eigenvalue weighted by Crippen LogP contribution is 2.50. The Balaban J connectivity index is 1.39. The van der Waals surface area contributed by atoms with E-state index in [-0.39, 0.29) is 29.6 Å². The van der Waals surface area contributed by atoms with Crippen LogP contribution in [0.5, 0.6) is 0 Å². The number of carbonyl (C=O) groups excluding carboxylic acids is 2. The Kier molecular flexibility index (Phi) is 8.01. The number of hydrogen-bond donors (Lipinski definition) is 1. The quantitative estimate of drug-likeness (QED) is 0.496. The van der Waals surface area contributed by atoms with Crippen molar-refractivity contribution in [3.63, 3.8) is 0 Å². The molecule has 1 heterocycles. The van der Waals surface area contributed by atoms with Crippen LogP contribution in [0.15, 0.2) is 54.6 Å². The summed E-state index contributed by atoms with van der Waals surface area (Å²) in [6, 6.07) is 18.4. The lowest BCUT2D eigenvalue weighted by Crippen LogP contribution is -2.56. The molecule has 39 heavy (non-hydrogen) atoms. The van der Waals surface area contributed by atoms with Crippen molar-refractivity contribution in [2.75, 3.05) is 51.8 Å². The second-order valence-electron chi connectivity index (χ2n) is 11.9. The highest BCUT2D eigenvalue weighted by atomic mass is 16.3. The molecule has 2 aromatic carbocycles. The van der Waals surface area contributed by atoms with Crippen molar-refractivity contribution in [1.82, 2.24) is 14.7 Å². The number of urea groups is 1. The maximum absolute atomic E-state index is 14.0. The number of carbonyl (C=O) groups is 2. The molecular weight excluding hydrogens is 488 g/mol. The van der Waals surface area contributed by atoms with Crippen LogP contribution in [-0.2, 0) is 5.54 Å². The van der Waals surface area contributed by atoms with Crippen molar-refractivity contribution >= 4 is 17.6 Å². The number of aliphatic hydroxyl groups excluding tert-OH is 1. The van der Waals surface area contributed by atoms with Gasteiger partial charge in [-0.3, -0.25) is 14.6 Å². The maximum atomic E-state index is 14.0. The standard InChI is InChI=1S/C32H44N4O3/c1-4-34(21-22-37)29(38)26-13-15-28(16-14-26)35-24-31(36(30(35)39)23-25-9-8-10-25)17-19-32(20-18-31,33(2)3)27-11-6-5-7-12-27/h5-7,11-16,25,37H,4,8-10,17-24H2,1-3H3/t31-,32-. The Morgan fingerprint density at radius 2 is 1.67 bits per heavy atom. The van der Waals surface area contributed by atoms with Gasteiger partial charge in [-0.05, 0) is 95.3 Å². The topological polar surface area (TPSA) is 67.3 Å². The first-order chi connectivity index (χ1) is 18.8. The van der Waals surface area contributed by atoms with Crippen molar-refractivity contribution < 1.29 is 14.7 Å². The predicted molar refractivity (Wildman–Crippen MR) is 155 cm³/mol. The largest absolute Gasteiger partial charge is 0.395 e. The number of anilines is 1. The highest BCUT2D eigenvalue weighted by Gasteiger charge is 2.55. The smallest absolute Gasteiger partial charge is 0.325 e. The molecule has 2 saturated carbocycles. The van der Waals surface area contributed by atoms with Crippen molar-refractivity contribution in [2.45, 2.75) is 62.9 Å². The zero-order valence-electron chi connectivity index (χ0n) is 23.8. The second kappa shape index (κ2) is 11.3. The summed E-state index contributed by atoms with van der Waals surface area (Å²) in [4.78, 5) is 35.1. The first-order valence-electron chi connectivity index (χ1n) is 14.7. The van der Waals surface area contributed by atoms with Crippen LogP contribution in [0, 0.1) is 5.92 Å². The van der Waals surface area contributed by atoms with Gasteiger partial charge in [-0.2, -0.15) is 0 Å². The number of benzene rings is 2. The van der Waals surface area contributed by atoms with E-state index in [2.05, 4.69) is 54.2 Å². The molecule has 2 aliphatic carbocycles. The molecule has 0 radical (unpaired) electrons. The summed E-state index contributed by atoms with van der Waals surface area (Å²) < 4.78 is 0. The molecule has 0 aromatic heterocycles. The van der Waals surface area contributed by atoms with Crippen LogP contribution in [0.1, 0.15) is 67.8 Å². The summed E-state index contributed by atoms with van der Waals surface area (Å²) in [6.45, 7) is 4.25. The van der Waals surface area contributed by atoms with Crippen LogP contribution in [0.25, 0.3) is 0 Å². The predicted octanol–water partition coefficient (Wildman–Crippen LogP) is 4.95. The van der Waals surface area contributed by atoms with Crippen LogP contribution < -0.4 is 4.90 Å². The molecule has 7 heteroatoms. The van der Waals surface area contributed by atoms with Crippen LogP contribution in [0.3, 0.4) is 0 Å². The van der Waals surface area contributed by atoms with E-state index in [1.165, 1.54) is 24.8 Å². The zero-order chi connectivity index (χ0) is 27.6. The van der Waals surface area contributed by atoms with Gasteiger partial charge < -0.3 is 14.9 Å². The van der Waals surface area contributed by atoms with E-state index in [0.717, 1.165) is 37.9 Å². The molecule has 1 spiro atoms. The van der Waals surface area contributed by atoms with Crippen molar-refractivity contribution in [3.8, 4) is 0 Å². The van der Waals surface area contributed by atoms with E-state index in [1.807, 2.05) is 36.1 Å². The Hall–Kier alpha value is -2.90. The molecular formula is C32H44N4O3. The number of amides is 3. The van der Waals surface area contributed by atoms with E-state index in [4.69, 9.17) is 0 Å². The fourth-order valence-corrected chi connectivity index (χ4v) is 6.99. The molecule has 0 atom stereocenters. The third-order valence-corrected chi connectivity index (χ3v) is 9.79. The molecule has 5 rings (SSSR count). The maximum Gasteiger partial charge on any atom is 0.325 e. The molecule has 2 aromatic rings. The molecule has 1 N–H and O–H groups in total. The highest BCUT2D eigenvalue weighted by molar-refractivity contribution is 5.97. The first-order valence-corrected chi connectivity index (χ1v) is 14.7. The molecule has 0 bridgehead atoms. The van der Waals surface area contributed by atoms with Crippen LogP contribution in [-0.4, -0.2) is 84.2 Å². The molecule has 3 aliphatic rings. The van der Waals surface area contributed by atoms with Crippen LogP contribution in [0.2, 0.25) is 0 Å². The van der Waals surface area contributed by atoms with Gasteiger partial charge in [0.1, 0.15) is 0 Å². The summed E-state index contributed by atoms with van der Waals surface area (Å²) >= 11 is 0. The molecule has 0 unspecified atom stereocenters. The van der Waals surface area contributed by atoms with Gasteiger partial charge in [0, 0.05) is 36.4 Å². The SMILES string of the molecule is CCN(CCO)C(=O)c1ccc(N2C[C@]3(CC[C@@](c4ccccc4)(N(C)C)CC3)N(CC3CCC3)C2=O)cc1. The number of hydrogen-bond acceptors (Lipinski definition) is 4. The minimum absolute atomic E-state index is 0.0210. The van der Waals surface area contributed by atoms with E-state index in [9.17, 15) is 14.7 Å². The van der Waals surface area contributed by atoms with E-state index >= 15 is 0 Å². The lowest BCUT2D eigenvalue weighted by atomic mass is 9.68. The molecule has 7 nitrogen and oxygen atoms in total. The van der Waals surface area contributed by atoms with E-state index in [0.29, 0.717) is 31.1 Å². The Labute approximate surface area is 233 Å². The van der Waals surface area contributed by atoms with E-state index < -0.39 is 0 Å². The second-order valence-corrected chi connectivity index (χ2v) is 11.9.